The number of amides is 2. The summed E-state index contributed by atoms with van der Waals surface area (Å²) < 4.78 is 12.9. The molecule has 2 aromatic carbocycles. The Labute approximate surface area is 140 Å². The second kappa shape index (κ2) is 7.01. The molecule has 1 saturated heterocycles. The Bertz CT molecular complexity index is 690. The van der Waals surface area contributed by atoms with Crippen LogP contribution in [0.5, 0.6) is 0 Å². The molecule has 2 aromatic rings. The van der Waals surface area contributed by atoms with Crippen LogP contribution in [0.4, 0.5) is 9.18 Å². The molecule has 1 heterocycles. The Morgan fingerprint density at radius 2 is 1.96 bits per heavy atom. The van der Waals surface area contributed by atoms with Crippen LogP contribution in [0.3, 0.4) is 0 Å². The molecule has 0 unspecified atom stereocenters. The molecule has 0 aliphatic carbocycles. The molecule has 1 aliphatic heterocycles. The van der Waals surface area contributed by atoms with Gasteiger partial charge in [-0.25, -0.2) is 9.18 Å². The van der Waals surface area contributed by atoms with Crippen molar-refractivity contribution in [1.82, 2.24) is 10.2 Å². The largest absolute Gasteiger partial charge is 0.334 e. The van der Waals surface area contributed by atoms with Gasteiger partial charge in [0.2, 0.25) is 0 Å². The minimum atomic E-state index is -0.279. The second-order valence-electron chi connectivity index (χ2n) is 5.66. The molecule has 0 aromatic heterocycles. The van der Waals surface area contributed by atoms with E-state index in [-0.39, 0.29) is 17.9 Å². The maximum atomic E-state index is 12.9. The lowest BCUT2D eigenvalue weighted by atomic mass is 10.0. The average molecular weight is 333 g/mol. The van der Waals surface area contributed by atoms with E-state index >= 15 is 0 Å². The van der Waals surface area contributed by atoms with E-state index in [4.69, 9.17) is 11.6 Å². The third-order valence-electron chi connectivity index (χ3n) is 4.13. The van der Waals surface area contributed by atoms with Gasteiger partial charge in [-0.15, -0.1) is 0 Å². The van der Waals surface area contributed by atoms with E-state index in [1.54, 1.807) is 12.1 Å². The number of halogens is 2. The summed E-state index contributed by atoms with van der Waals surface area (Å²) in [6.07, 6.45) is 1.87. The van der Waals surface area contributed by atoms with Crippen LogP contribution >= 0.6 is 11.6 Å². The second-order valence-corrected chi connectivity index (χ2v) is 6.07. The fourth-order valence-corrected chi connectivity index (χ4v) is 3.22. The third kappa shape index (κ3) is 3.64. The Balaban J connectivity index is 1.66. The van der Waals surface area contributed by atoms with Crippen LogP contribution in [0.15, 0.2) is 48.5 Å². The van der Waals surface area contributed by atoms with E-state index in [0.717, 1.165) is 24.0 Å². The van der Waals surface area contributed by atoms with Crippen molar-refractivity contribution in [2.75, 3.05) is 6.54 Å². The number of urea groups is 1. The topological polar surface area (TPSA) is 32.3 Å². The van der Waals surface area contributed by atoms with Crippen molar-refractivity contribution in [3.05, 3.63) is 70.5 Å². The van der Waals surface area contributed by atoms with Gasteiger partial charge >= 0.3 is 6.03 Å². The van der Waals surface area contributed by atoms with Crippen molar-refractivity contribution in [3.63, 3.8) is 0 Å². The smallest absolute Gasteiger partial charge is 0.318 e. The summed E-state index contributed by atoms with van der Waals surface area (Å²) in [4.78, 5) is 14.3. The van der Waals surface area contributed by atoms with Crippen molar-refractivity contribution >= 4 is 17.6 Å². The summed E-state index contributed by atoms with van der Waals surface area (Å²) >= 11 is 6.27. The van der Waals surface area contributed by atoms with E-state index < -0.39 is 0 Å². The first kappa shape index (κ1) is 15.8. The van der Waals surface area contributed by atoms with Gasteiger partial charge in [0.1, 0.15) is 5.82 Å². The summed E-state index contributed by atoms with van der Waals surface area (Å²) in [5.41, 5.74) is 1.86. The van der Waals surface area contributed by atoms with Crippen molar-refractivity contribution in [3.8, 4) is 0 Å². The lowest BCUT2D eigenvalue weighted by Crippen LogP contribution is -2.39. The third-order valence-corrected chi connectivity index (χ3v) is 4.48. The normalized spacial score (nSPS) is 17.3. The molecule has 0 spiro atoms. The van der Waals surface area contributed by atoms with Crippen LogP contribution in [0.25, 0.3) is 0 Å². The van der Waals surface area contributed by atoms with Crippen molar-refractivity contribution < 1.29 is 9.18 Å². The lowest BCUT2D eigenvalue weighted by molar-refractivity contribution is 0.192. The first-order valence-electron chi connectivity index (χ1n) is 7.68. The SMILES string of the molecule is O=C(NCc1ccc(F)cc1)N1CCC[C@H]1c1ccccc1Cl. The first-order valence-corrected chi connectivity index (χ1v) is 8.06. The van der Waals surface area contributed by atoms with Crippen LogP contribution in [0.1, 0.15) is 30.0 Å². The predicted octanol–water partition coefficient (Wildman–Crippen LogP) is 4.53. The zero-order valence-electron chi connectivity index (χ0n) is 12.6. The standard InChI is InChI=1S/C18H18ClFN2O/c19-16-5-2-1-4-15(16)17-6-3-11-22(17)18(23)21-12-13-7-9-14(20)10-8-13/h1-2,4-5,7-10,17H,3,6,11-12H2,(H,21,23)/t17-/m0/s1. The number of carbonyl (C=O) groups is 1. The van der Waals surface area contributed by atoms with Gasteiger partial charge in [-0.05, 0) is 42.2 Å². The summed E-state index contributed by atoms with van der Waals surface area (Å²) in [6, 6.07) is 13.7. The molecule has 2 amide bonds. The first-order chi connectivity index (χ1) is 11.1. The summed E-state index contributed by atoms with van der Waals surface area (Å²) in [7, 11) is 0. The fourth-order valence-electron chi connectivity index (χ4n) is 2.96. The van der Waals surface area contributed by atoms with Crippen molar-refractivity contribution in [2.24, 2.45) is 0 Å². The van der Waals surface area contributed by atoms with Gasteiger partial charge < -0.3 is 10.2 Å². The molecule has 23 heavy (non-hydrogen) atoms. The number of benzene rings is 2. The molecule has 0 bridgehead atoms. The molecule has 1 fully saturated rings. The monoisotopic (exact) mass is 332 g/mol. The molecule has 5 heteroatoms. The fraction of sp³-hybridized carbons (Fsp3) is 0.278. The molecule has 1 aliphatic rings. The highest BCUT2D eigenvalue weighted by atomic mass is 35.5. The Morgan fingerprint density at radius 3 is 2.70 bits per heavy atom. The van der Waals surface area contributed by atoms with E-state index in [2.05, 4.69) is 5.32 Å². The van der Waals surface area contributed by atoms with E-state index in [9.17, 15) is 9.18 Å². The minimum absolute atomic E-state index is 0.0110. The predicted molar refractivity (Wildman–Crippen MR) is 88.8 cm³/mol. The number of hydrogen-bond acceptors (Lipinski definition) is 1. The highest BCUT2D eigenvalue weighted by molar-refractivity contribution is 6.31. The highest BCUT2D eigenvalue weighted by Gasteiger charge is 2.30. The minimum Gasteiger partial charge on any atom is -0.334 e. The molecule has 3 rings (SSSR count). The molecule has 0 radical (unpaired) electrons. The van der Waals surface area contributed by atoms with Crippen LogP contribution < -0.4 is 5.32 Å². The number of likely N-dealkylation sites (tertiary alicyclic amines) is 1. The number of hydrogen-bond donors (Lipinski definition) is 1. The Kier molecular flexibility index (Phi) is 4.82. The Hall–Kier alpha value is -2.07. The molecular weight excluding hydrogens is 315 g/mol. The molecular formula is C18H18ClFN2O. The maximum absolute atomic E-state index is 12.9. The van der Waals surface area contributed by atoms with Crippen LogP contribution in [-0.2, 0) is 6.54 Å². The van der Waals surface area contributed by atoms with Gasteiger partial charge in [0.05, 0.1) is 6.04 Å². The molecule has 0 saturated carbocycles. The summed E-state index contributed by atoms with van der Waals surface area (Å²) in [5.74, 6) is -0.279. The van der Waals surface area contributed by atoms with E-state index in [0.29, 0.717) is 18.1 Å². The zero-order chi connectivity index (χ0) is 16.2. The van der Waals surface area contributed by atoms with Gasteiger partial charge in [-0.2, -0.15) is 0 Å². The molecule has 120 valence electrons. The van der Waals surface area contributed by atoms with Gasteiger partial charge in [0, 0.05) is 18.1 Å². The number of carbonyl (C=O) groups excluding carboxylic acids is 1. The maximum Gasteiger partial charge on any atom is 0.318 e. The summed E-state index contributed by atoms with van der Waals surface area (Å²) in [6.45, 7) is 1.09. The molecule has 3 nitrogen and oxygen atoms in total. The lowest BCUT2D eigenvalue weighted by Gasteiger charge is -2.26. The van der Waals surface area contributed by atoms with Crippen LogP contribution in [-0.4, -0.2) is 17.5 Å². The zero-order valence-corrected chi connectivity index (χ0v) is 13.4. The summed E-state index contributed by atoms with van der Waals surface area (Å²) in [5, 5.41) is 3.59. The average Bonchev–Trinajstić information content (AvgIpc) is 3.04. The van der Waals surface area contributed by atoms with Crippen molar-refractivity contribution in [1.29, 1.82) is 0 Å². The van der Waals surface area contributed by atoms with E-state index in [1.165, 1.54) is 12.1 Å². The van der Waals surface area contributed by atoms with Gasteiger partial charge in [0.25, 0.3) is 0 Å². The number of rotatable bonds is 3. The number of nitrogens with zero attached hydrogens (tertiary/aromatic N) is 1. The van der Waals surface area contributed by atoms with Crippen molar-refractivity contribution in [2.45, 2.75) is 25.4 Å². The van der Waals surface area contributed by atoms with Gasteiger partial charge in [-0.3, -0.25) is 0 Å². The van der Waals surface area contributed by atoms with Gasteiger partial charge in [-0.1, -0.05) is 41.9 Å². The van der Waals surface area contributed by atoms with Crippen LogP contribution in [0.2, 0.25) is 5.02 Å². The van der Waals surface area contributed by atoms with Crippen LogP contribution in [0, 0.1) is 5.82 Å². The molecule has 1 N–H and O–H groups in total. The quantitative estimate of drug-likeness (QED) is 0.880. The Morgan fingerprint density at radius 1 is 1.22 bits per heavy atom. The van der Waals surface area contributed by atoms with E-state index in [1.807, 2.05) is 29.2 Å². The molecule has 1 atom stereocenters. The highest BCUT2D eigenvalue weighted by Crippen LogP contribution is 2.35. The van der Waals surface area contributed by atoms with Gasteiger partial charge in [0.15, 0.2) is 0 Å². The number of nitrogens with one attached hydrogen (secondary N) is 1.